The molecule has 2 aromatic rings. The maximum absolute atomic E-state index is 12.6. The Kier molecular flexibility index (Phi) is 6.62. The summed E-state index contributed by atoms with van der Waals surface area (Å²) in [6.45, 7) is 10.6. The molecule has 0 saturated carbocycles. The molecule has 0 aliphatic heterocycles. The molecule has 150 valence electrons. The van der Waals surface area contributed by atoms with E-state index in [1.54, 1.807) is 52.0 Å². The Bertz CT molecular complexity index is 880. The first-order valence-electron chi connectivity index (χ1n) is 9.22. The number of benzene rings is 1. The maximum atomic E-state index is 12.6. The van der Waals surface area contributed by atoms with Gasteiger partial charge in [0.1, 0.15) is 5.69 Å². The number of anilines is 2. The van der Waals surface area contributed by atoms with Crippen LogP contribution in [0.5, 0.6) is 0 Å². The predicted octanol–water partition coefficient (Wildman–Crippen LogP) is 4.04. The van der Waals surface area contributed by atoms with E-state index in [0.717, 1.165) is 0 Å². The zero-order valence-electron chi connectivity index (χ0n) is 17.1. The molecular weight excluding hydrogens is 358 g/mol. The van der Waals surface area contributed by atoms with E-state index in [2.05, 4.69) is 15.6 Å². The first-order chi connectivity index (χ1) is 13.1. The molecule has 0 radical (unpaired) electrons. The van der Waals surface area contributed by atoms with Gasteiger partial charge in [-0.2, -0.15) is 0 Å². The Balaban J connectivity index is 2.13. The zero-order chi connectivity index (χ0) is 21.0. The number of carbonyl (C=O) groups is 3. The minimum Gasteiger partial charge on any atom is -0.459 e. The summed E-state index contributed by atoms with van der Waals surface area (Å²) in [7, 11) is 0. The van der Waals surface area contributed by atoms with Gasteiger partial charge in [0.15, 0.2) is 0 Å². The molecule has 0 fully saturated rings. The molecule has 3 N–H and O–H groups in total. The summed E-state index contributed by atoms with van der Waals surface area (Å²) in [5.41, 5.74) is 3.05. The highest BCUT2D eigenvalue weighted by Crippen LogP contribution is 2.21. The molecule has 7 nitrogen and oxygen atoms in total. The van der Waals surface area contributed by atoms with E-state index in [1.165, 1.54) is 0 Å². The molecule has 28 heavy (non-hydrogen) atoms. The van der Waals surface area contributed by atoms with Crippen LogP contribution in [0.4, 0.5) is 11.4 Å². The molecule has 0 unspecified atom stereocenters. The molecule has 0 atom stereocenters. The van der Waals surface area contributed by atoms with Crippen molar-refractivity contribution in [3.8, 4) is 0 Å². The molecule has 1 heterocycles. The molecule has 1 aromatic carbocycles. The van der Waals surface area contributed by atoms with Crippen LogP contribution in [0.25, 0.3) is 0 Å². The lowest BCUT2D eigenvalue weighted by atomic mass is 10.1. The summed E-state index contributed by atoms with van der Waals surface area (Å²) in [4.78, 5) is 39.6. The Morgan fingerprint density at radius 2 is 1.46 bits per heavy atom. The van der Waals surface area contributed by atoms with Gasteiger partial charge in [-0.05, 0) is 57.5 Å². The fraction of sp³-hybridized carbons (Fsp3) is 0.381. The number of esters is 1. The number of rotatable bonds is 6. The van der Waals surface area contributed by atoms with Crippen LogP contribution in [0.1, 0.15) is 59.8 Å². The summed E-state index contributed by atoms with van der Waals surface area (Å²) in [6.07, 6.45) is -0.242. The first-order valence-corrected chi connectivity index (χ1v) is 9.22. The quantitative estimate of drug-likeness (QED) is 0.653. The highest BCUT2D eigenvalue weighted by atomic mass is 16.5. The van der Waals surface area contributed by atoms with Crippen molar-refractivity contribution in [1.82, 2.24) is 4.98 Å². The van der Waals surface area contributed by atoms with Crippen LogP contribution in [-0.2, 0) is 9.53 Å². The van der Waals surface area contributed by atoms with Gasteiger partial charge in [-0.15, -0.1) is 0 Å². The topological polar surface area (TPSA) is 100 Å². The van der Waals surface area contributed by atoms with Gasteiger partial charge in [-0.1, -0.05) is 13.8 Å². The minimum atomic E-state index is -0.453. The average molecular weight is 385 g/mol. The Hall–Kier alpha value is -3.09. The number of aromatic amines is 1. The van der Waals surface area contributed by atoms with Gasteiger partial charge >= 0.3 is 5.97 Å². The van der Waals surface area contributed by atoms with Gasteiger partial charge < -0.3 is 20.4 Å². The van der Waals surface area contributed by atoms with E-state index in [0.29, 0.717) is 33.9 Å². The lowest BCUT2D eigenvalue weighted by molar-refractivity contribution is -0.118. The fourth-order valence-corrected chi connectivity index (χ4v) is 2.67. The second kappa shape index (κ2) is 8.73. The fourth-order valence-electron chi connectivity index (χ4n) is 2.67. The summed E-state index contributed by atoms with van der Waals surface area (Å²) in [5.74, 6) is -1.00. The number of hydrogen-bond donors (Lipinski definition) is 3. The van der Waals surface area contributed by atoms with Gasteiger partial charge in [0, 0.05) is 23.0 Å². The lowest BCUT2D eigenvalue weighted by Crippen LogP contribution is -2.18. The number of carbonyl (C=O) groups excluding carboxylic acids is 3. The third-order valence-electron chi connectivity index (χ3n) is 4.15. The van der Waals surface area contributed by atoms with Gasteiger partial charge in [-0.3, -0.25) is 9.59 Å². The summed E-state index contributed by atoms with van der Waals surface area (Å²) < 4.78 is 5.25. The second-order valence-electron chi connectivity index (χ2n) is 7.25. The molecule has 2 rings (SSSR count). The number of nitrogens with one attached hydrogen (secondary N) is 3. The zero-order valence-corrected chi connectivity index (χ0v) is 17.1. The Morgan fingerprint density at radius 3 is 1.96 bits per heavy atom. The maximum Gasteiger partial charge on any atom is 0.340 e. The second-order valence-corrected chi connectivity index (χ2v) is 7.25. The summed E-state index contributed by atoms with van der Waals surface area (Å²) in [6, 6.07) is 6.84. The number of amides is 2. The third-order valence-corrected chi connectivity index (χ3v) is 4.15. The monoisotopic (exact) mass is 385 g/mol. The van der Waals surface area contributed by atoms with Crippen molar-refractivity contribution >= 4 is 29.2 Å². The minimum absolute atomic E-state index is 0.0740. The normalized spacial score (nSPS) is 10.9. The van der Waals surface area contributed by atoms with Crippen molar-refractivity contribution in [3.63, 3.8) is 0 Å². The van der Waals surface area contributed by atoms with Gasteiger partial charge in [0.25, 0.3) is 5.91 Å². The van der Waals surface area contributed by atoms with Crippen molar-refractivity contribution in [1.29, 1.82) is 0 Å². The number of aryl methyl sites for hydroxylation is 1. The number of H-pyrrole nitrogens is 1. The molecule has 0 saturated heterocycles. The van der Waals surface area contributed by atoms with Crippen LogP contribution < -0.4 is 10.6 Å². The van der Waals surface area contributed by atoms with Crippen LogP contribution in [0, 0.1) is 19.8 Å². The standard InChI is InChI=1S/C21H27N3O4/c1-11(2)19(25)23-15-7-9-16(10-8-15)24-20(26)18-13(5)17(14(6)22-18)21(27)28-12(3)4/h7-12,22H,1-6H3,(H,23,25)(H,24,26). The largest absolute Gasteiger partial charge is 0.459 e. The average Bonchev–Trinajstić information content (AvgIpc) is 2.90. The molecule has 0 aliphatic rings. The predicted molar refractivity (Wildman–Crippen MR) is 109 cm³/mol. The van der Waals surface area contributed by atoms with E-state index in [-0.39, 0.29) is 23.8 Å². The van der Waals surface area contributed by atoms with Crippen molar-refractivity contribution in [3.05, 3.63) is 46.8 Å². The van der Waals surface area contributed by atoms with Crippen molar-refractivity contribution in [2.45, 2.75) is 47.6 Å². The van der Waals surface area contributed by atoms with Gasteiger partial charge in [0.05, 0.1) is 11.7 Å². The van der Waals surface area contributed by atoms with E-state index in [9.17, 15) is 14.4 Å². The lowest BCUT2D eigenvalue weighted by Gasteiger charge is -2.10. The summed E-state index contributed by atoms with van der Waals surface area (Å²) >= 11 is 0. The highest BCUT2D eigenvalue weighted by molar-refractivity contribution is 6.07. The van der Waals surface area contributed by atoms with Crippen LogP contribution in [-0.4, -0.2) is 28.9 Å². The van der Waals surface area contributed by atoms with E-state index < -0.39 is 5.97 Å². The van der Waals surface area contributed by atoms with E-state index in [4.69, 9.17) is 4.74 Å². The molecule has 1 aromatic heterocycles. The van der Waals surface area contributed by atoms with Crippen LogP contribution in [0.15, 0.2) is 24.3 Å². The molecule has 0 spiro atoms. The molecular formula is C21H27N3O4. The molecule has 0 bridgehead atoms. The van der Waals surface area contributed by atoms with Crippen molar-refractivity contribution in [2.24, 2.45) is 5.92 Å². The van der Waals surface area contributed by atoms with Crippen LogP contribution in [0.3, 0.4) is 0 Å². The third kappa shape index (κ3) is 5.00. The number of aromatic nitrogens is 1. The highest BCUT2D eigenvalue weighted by Gasteiger charge is 2.23. The smallest absolute Gasteiger partial charge is 0.340 e. The van der Waals surface area contributed by atoms with Gasteiger partial charge in [0.2, 0.25) is 5.91 Å². The summed E-state index contributed by atoms with van der Waals surface area (Å²) in [5, 5.41) is 5.58. The number of ether oxygens (including phenoxy) is 1. The Labute approximate surface area is 164 Å². The Morgan fingerprint density at radius 1 is 0.929 bits per heavy atom. The van der Waals surface area contributed by atoms with Crippen molar-refractivity contribution < 1.29 is 19.1 Å². The first kappa shape index (κ1) is 21.2. The number of hydrogen-bond acceptors (Lipinski definition) is 4. The van der Waals surface area contributed by atoms with Gasteiger partial charge in [-0.25, -0.2) is 4.79 Å². The molecule has 2 amide bonds. The van der Waals surface area contributed by atoms with Crippen LogP contribution >= 0.6 is 0 Å². The van der Waals surface area contributed by atoms with E-state index in [1.807, 2.05) is 13.8 Å². The molecule has 0 aliphatic carbocycles. The van der Waals surface area contributed by atoms with E-state index >= 15 is 0 Å². The molecule has 7 heteroatoms. The SMILES string of the molecule is Cc1[nH]c(C(=O)Nc2ccc(NC(=O)C(C)C)cc2)c(C)c1C(=O)OC(C)C. The van der Waals surface area contributed by atoms with Crippen LogP contribution in [0.2, 0.25) is 0 Å². The van der Waals surface area contributed by atoms with Crippen molar-refractivity contribution in [2.75, 3.05) is 10.6 Å².